The fraction of sp³-hybridized carbons (Fsp3) is 0. The van der Waals surface area contributed by atoms with Crippen molar-refractivity contribution in [1.29, 1.82) is 0 Å². The van der Waals surface area contributed by atoms with Gasteiger partial charge in [0.05, 0.1) is 5.56 Å². The Labute approximate surface area is 85.0 Å². The summed E-state index contributed by atoms with van der Waals surface area (Å²) in [6.45, 7) is 0. The summed E-state index contributed by atoms with van der Waals surface area (Å²) in [4.78, 5) is 10.7. The molecule has 0 saturated heterocycles. The molecule has 0 saturated carbocycles. The lowest BCUT2D eigenvalue weighted by molar-refractivity contribution is -0.266. The number of phenolic OH excluding ortho intramolecular Hbond substituents is 1. The SMILES string of the molecule is O=C(O)c1ccc2c(O)cccc2c1[O-]. The van der Waals surface area contributed by atoms with Crippen molar-refractivity contribution in [3.8, 4) is 11.5 Å². The topological polar surface area (TPSA) is 80.6 Å². The van der Waals surface area contributed by atoms with E-state index < -0.39 is 11.7 Å². The summed E-state index contributed by atoms with van der Waals surface area (Å²) in [5, 5.41) is 30.4. The van der Waals surface area contributed by atoms with E-state index in [1.54, 1.807) is 0 Å². The van der Waals surface area contributed by atoms with Crippen molar-refractivity contribution in [3.63, 3.8) is 0 Å². The largest absolute Gasteiger partial charge is 0.871 e. The molecule has 0 radical (unpaired) electrons. The Morgan fingerprint density at radius 3 is 2.53 bits per heavy atom. The number of aromatic hydroxyl groups is 1. The number of fused-ring (bicyclic) bond motifs is 1. The van der Waals surface area contributed by atoms with Crippen molar-refractivity contribution < 1.29 is 20.1 Å². The van der Waals surface area contributed by atoms with Crippen molar-refractivity contribution in [2.75, 3.05) is 0 Å². The number of aromatic carboxylic acids is 1. The highest BCUT2D eigenvalue weighted by Crippen LogP contribution is 2.31. The molecule has 4 nitrogen and oxygen atoms in total. The lowest BCUT2D eigenvalue weighted by Crippen LogP contribution is -2.04. The highest BCUT2D eigenvalue weighted by molar-refractivity contribution is 6.01. The number of benzene rings is 2. The van der Waals surface area contributed by atoms with Crippen LogP contribution in [0.25, 0.3) is 10.8 Å². The van der Waals surface area contributed by atoms with Gasteiger partial charge < -0.3 is 15.3 Å². The molecule has 2 rings (SSSR count). The van der Waals surface area contributed by atoms with Gasteiger partial charge in [0.1, 0.15) is 5.75 Å². The van der Waals surface area contributed by atoms with Crippen molar-refractivity contribution in [1.82, 2.24) is 0 Å². The van der Waals surface area contributed by atoms with E-state index in [9.17, 15) is 15.0 Å². The zero-order valence-electron chi connectivity index (χ0n) is 7.60. The number of phenols is 1. The van der Waals surface area contributed by atoms with Gasteiger partial charge in [-0.2, -0.15) is 0 Å². The molecule has 2 aromatic rings. The van der Waals surface area contributed by atoms with E-state index in [-0.39, 0.29) is 16.7 Å². The Balaban J connectivity index is 2.86. The first-order valence-corrected chi connectivity index (χ1v) is 4.26. The Morgan fingerprint density at radius 2 is 1.87 bits per heavy atom. The number of rotatable bonds is 1. The molecule has 0 spiro atoms. The maximum Gasteiger partial charge on any atom is 0.335 e. The summed E-state index contributed by atoms with van der Waals surface area (Å²) in [7, 11) is 0. The van der Waals surface area contributed by atoms with Gasteiger partial charge in [-0.1, -0.05) is 17.9 Å². The third-order valence-corrected chi connectivity index (χ3v) is 2.22. The second-order valence-electron chi connectivity index (χ2n) is 3.12. The molecular formula is C11H7O4-. The molecule has 2 aromatic carbocycles. The predicted molar refractivity (Wildman–Crippen MR) is 52.0 cm³/mol. The molecular weight excluding hydrogens is 196 g/mol. The molecule has 0 aliphatic carbocycles. The summed E-state index contributed by atoms with van der Waals surface area (Å²) in [6.07, 6.45) is 0. The first-order valence-electron chi connectivity index (χ1n) is 4.26. The number of hydrogen-bond donors (Lipinski definition) is 2. The molecule has 4 heteroatoms. The van der Waals surface area contributed by atoms with Crippen LogP contribution in [0, 0.1) is 0 Å². The first kappa shape index (κ1) is 9.33. The van der Waals surface area contributed by atoms with Crippen LogP contribution in [0.5, 0.6) is 11.5 Å². The fourth-order valence-electron chi connectivity index (χ4n) is 1.48. The molecule has 0 aliphatic heterocycles. The monoisotopic (exact) mass is 203 g/mol. The highest BCUT2D eigenvalue weighted by atomic mass is 16.4. The molecule has 15 heavy (non-hydrogen) atoms. The van der Waals surface area contributed by atoms with Gasteiger partial charge in [0, 0.05) is 5.39 Å². The molecule has 0 aromatic heterocycles. The van der Waals surface area contributed by atoms with Crippen LogP contribution in [-0.2, 0) is 0 Å². The van der Waals surface area contributed by atoms with E-state index in [0.29, 0.717) is 5.39 Å². The second kappa shape index (κ2) is 3.16. The molecule has 76 valence electrons. The Morgan fingerprint density at radius 1 is 1.13 bits per heavy atom. The zero-order valence-corrected chi connectivity index (χ0v) is 7.60. The van der Waals surface area contributed by atoms with Crippen LogP contribution in [0.1, 0.15) is 10.4 Å². The molecule has 0 amide bonds. The number of carbonyl (C=O) groups is 1. The van der Waals surface area contributed by atoms with E-state index in [1.165, 1.54) is 30.3 Å². The van der Waals surface area contributed by atoms with Gasteiger partial charge in [0.2, 0.25) is 0 Å². The Hall–Kier alpha value is -2.23. The molecule has 2 N–H and O–H groups in total. The lowest BCUT2D eigenvalue weighted by Gasteiger charge is -2.14. The van der Waals surface area contributed by atoms with E-state index in [0.717, 1.165) is 0 Å². The Bertz CT molecular complexity index is 546. The molecule has 0 unspecified atom stereocenters. The standard InChI is InChI=1S/C11H8O4/c12-9-3-1-2-7-6(9)4-5-8(10(7)13)11(14)15/h1-5,12-13H,(H,14,15)/p-1. The molecule has 0 fully saturated rings. The summed E-state index contributed by atoms with van der Waals surface area (Å²) < 4.78 is 0. The van der Waals surface area contributed by atoms with E-state index >= 15 is 0 Å². The highest BCUT2D eigenvalue weighted by Gasteiger charge is 2.07. The van der Waals surface area contributed by atoms with Crippen molar-refractivity contribution in [2.24, 2.45) is 0 Å². The number of carboxylic acid groups (broad SMARTS) is 1. The van der Waals surface area contributed by atoms with Crippen LogP contribution in [-0.4, -0.2) is 16.2 Å². The summed E-state index contributed by atoms with van der Waals surface area (Å²) in [5.41, 5.74) is -0.284. The zero-order chi connectivity index (χ0) is 11.0. The third-order valence-electron chi connectivity index (χ3n) is 2.22. The lowest BCUT2D eigenvalue weighted by atomic mass is 10.0. The van der Waals surface area contributed by atoms with Crippen LogP contribution < -0.4 is 5.11 Å². The smallest absolute Gasteiger partial charge is 0.335 e. The third kappa shape index (κ3) is 1.36. The maximum atomic E-state index is 11.6. The van der Waals surface area contributed by atoms with Gasteiger partial charge in [-0.25, -0.2) is 4.79 Å². The van der Waals surface area contributed by atoms with E-state index in [2.05, 4.69) is 0 Å². The minimum Gasteiger partial charge on any atom is -0.871 e. The Kier molecular flexibility index (Phi) is 1.97. The summed E-state index contributed by atoms with van der Waals surface area (Å²) in [5.74, 6) is -1.86. The normalized spacial score (nSPS) is 10.4. The number of hydrogen-bond acceptors (Lipinski definition) is 3. The van der Waals surface area contributed by atoms with Gasteiger partial charge >= 0.3 is 5.97 Å². The minimum absolute atomic E-state index is 0.0264. The predicted octanol–water partition coefficient (Wildman–Crippen LogP) is 1.32. The summed E-state index contributed by atoms with van der Waals surface area (Å²) >= 11 is 0. The van der Waals surface area contributed by atoms with E-state index in [4.69, 9.17) is 5.11 Å². The quantitative estimate of drug-likeness (QED) is 0.732. The van der Waals surface area contributed by atoms with Gasteiger partial charge in [-0.3, -0.25) is 0 Å². The molecule has 0 atom stereocenters. The van der Waals surface area contributed by atoms with Crippen molar-refractivity contribution >= 4 is 16.7 Å². The second-order valence-corrected chi connectivity index (χ2v) is 3.12. The minimum atomic E-state index is -1.26. The van der Waals surface area contributed by atoms with Gasteiger partial charge in [0.15, 0.2) is 0 Å². The summed E-state index contributed by atoms with van der Waals surface area (Å²) in [6, 6.07) is 7.07. The molecule has 0 heterocycles. The van der Waals surface area contributed by atoms with Gasteiger partial charge in [-0.05, 0) is 23.6 Å². The van der Waals surface area contributed by atoms with Crippen molar-refractivity contribution in [2.45, 2.75) is 0 Å². The van der Waals surface area contributed by atoms with Crippen LogP contribution in [0.3, 0.4) is 0 Å². The average Bonchev–Trinajstić information content (AvgIpc) is 2.19. The van der Waals surface area contributed by atoms with Crippen LogP contribution >= 0.6 is 0 Å². The maximum absolute atomic E-state index is 11.6. The van der Waals surface area contributed by atoms with E-state index in [1.807, 2.05) is 0 Å². The van der Waals surface area contributed by atoms with Crippen molar-refractivity contribution in [3.05, 3.63) is 35.9 Å². The van der Waals surface area contributed by atoms with Crippen LogP contribution in [0.4, 0.5) is 0 Å². The van der Waals surface area contributed by atoms with Gasteiger partial charge in [-0.15, -0.1) is 0 Å². The molecule has 0 aliphatic rings. The fourth-order valence-corrected chi connectivity index (χ4v) is 1.48. The first-order chi connectivity index (χ1) is 7.11. The average molecular weight is 203 g/mol. The van der Waals surface area contributed by atoms with Crippen LogP contribution in [0.2, 0.25) is 0 Å². The van der Waals surface area contributed by atoms with Gasteiger partial charge in [0.25, 0.3) is 0 Å². The molecule has 0 bridgehead atoms. The van der Waals surface area contributed by atoms with Crippen LogP contribution in [0.15, 0.2) is 30.3 Å². The number of carboxylic acids is 1.